The van der Waals surface area contributed by atoms with Crippen molar-refractivity contribution in [2.75, 3.05) is 48.5 Å². The van der Waals surface area contributed by atoms with Crippen LogP contribution in [0.15, 0.2) is 42.5 Å². The monoisotopic (exact) mass is 954 g/mol. The summed E-state index contributed by atoms with van der Waals surface area (Å²) in [5.74, 6) is -3.39. The molecular formula is C51H79N5O10S. The topological polar surface area (TPSA) is 172 Å². The minimum absolute atomic E-state index is 0.00788. The zero-order valence-electron chi connectivity index (χ0n) is 42.2. The lowest BCUT2D eigenvalue weighted by Crippen LogP contribution is -2.55. The molecule has 15 nitrogen and oxygen atoms in total. The number of Topliss-reactive ketones (excluding diaryl/α,β-unsaturated/α-hetero) is 1. The van der Waals surface area contributed by atoms with Crippen LogP contribution in [0.4, 0.5) is 0 Å². The van der Waals surface area contributed by atoms with Gasteiger partial charge < -0.3 is 34.2 Å². The fourth-order valence-electron chi connectivity index (χ4n) is 9.74. The largest absolute Gasteiger partial charge is 0.467 e. The molecule has 1 N–H and O–H groups in total. The number of rotatable bonds is 28. The van der Waals surface area contributed by atoms with Crippen molar-refractivity contribution in [1.29, 1.82) is 0 Å². The molecule has 1 saturated heterocycles. The van der Waals surface area contributed by atoms with Crippen molar-refractivity contribution in [3.8, 4) is 0 Å². The maximum atomic E-state index is 14.7. The maximum absolute atomic E-state index is 14.7. The number of methoxy groups -OCH3 is 3. The van der Waals surface area contributed by atoms with Crippen LogP contribution in [0.1, 0.15) is 112 Å². The van der Waals surface area contributed by atoms with E-state index in [2.05, 4.69) is 5.32 Å². The van der Waals surface area contributed by atoms with E-state index in [1.807, 2.05) is 83.7 Å². The van der Waals surface area contributed by atoms with E-state index < -0.39 is 42.2 Å². The predicted molar refractivity (Wildman–Crippen MR) is 261 cm³/mol. The minimum Gasteiger partial charge on any atom is -0.467 e. The zero-order chi connectivity index (χ0) is 50.1. The van der Waals surface area contributed by atoms with Crippen LogP contribution in [0, 0.1) is 29.6 Å². The van der Waals surface area contributed by atoms with Gasteiger partial charge in [-0.05, 0) is 49.0 Å². The normalized spacial score (nSPS) is 18.6. The molecule has 1 aromatic rings. The lowest BCUT2D eigenvalue weighted by atomic mass is 9.83. The SMILES string of the molecule is CC[C@H](C)[C@@H]([C@@H](CC(=O)N1CCC[C@H]1[C@H](OC)[C@@H](C)C(=S)N[C@@H](Cc1ccccc1)C(=O)OC)OC)N(C)C(=O)[C@@H](CC(=O)[C@H](C(C)C)N(C)C(=O)CCCCCN1C(=O)C=CC1=O)C(C)C. The molecule has 0 bridgehead atoms. The van der Waals surface area contributed by atoms with E-state index in [0.29, 0.717) is 56.6 Å². The molecule has 0 aromatic heterocycles. The number of carbonyl (C=O) groups excluding carboxylic acids is 7. The first-order chi connectivity index (χ1) is 31.7. The molecule has 0 spiro atoms. The summed E-state index contributed by atoms with van der Waals surface area (Å²) in [6.45, 7) is 14.4. The van der Waals surface area contributed by atoms with Crippen molar-refractivity contribution in [3.05, 3.63) is 48.0 Å². The molecule has 2 aliphatic heterocycles. The number of hydrogen-bond acceptors (Lipinski definition) is 11. The molecule has 0 aliphatic carbocycles. The third-order valence-electron chi connectivity index (χ3n) is 13.8. The second kappa shape index (κ2) is 27.5. The van der Waals surface area contributed by atoms with Gasteiger partial charge in [0.1, 0.15) is 6.04 Å². The third-order valence-corrected chi connectivity index (χ3v) is 14.3. The predicted octanol–water partition coefficient (Wildman–Crippen LogP) is 5.81. The molecule has 2 aliphatic rings. The molecule has 9 atom stereocenters. The highest BCUT2D eigenvalue weighted by Gasteiger charge is 2.43. The van der Waals surface area contributed by atoms with Gasteiger partial charge in [0, 0.05) is 84.7 Å². The van der Waals surface area contributed by atoms with E-state index in [0.717, 1.165) is 12.0 Å². The van der Waals surface area contributed by atoms with Gasteiger partial charge >= 0.3 is 5.97 Å². The summed E-state index contributed by atoms with van der Waals surface area (Å²) in [4.78, 5) is 100.0. The number of unbranched alkanes of at least 4 members (excludes halogenated alkanes) is 2. The number of amides is 5. The number of likely N-dealkylation sites (N-methyl/N-ethyl adjacent to an activating group) is 2. The average Bonchev–Trinajstić information content (AvgIpc) is 3.92. The van der Waals surface area contributed by atoms with E-state index in [1.54, 1.807) is 33.2 Å². The van der Waals surface area contributed by atoms with Crippen molar-refractivity contribution in [1.82, 2.24) is 24.9 Å². The maximum Gasteiger partial charge on any atom is 0.328 e. The van der Waals surface area contributed by atoms with Gasteiger partial charge in [0.2, 0.25) is 17.7 Å². The lowest BCUT2D eigenvalue weighted by Gasteiger charge is -2.41. The van der Waals surface area contributed by atoms with Gasteiger partial charge in [-0.15, -0.1) is 0 Å². The first-order valence-corrected chi connectivity index (χ1v) is 24.5. The Labute approximate surface area is 405 Å². The number of benzene rings is 1. The van der Waals surface area contributed by atoms with E-state index in [4.69, 9.17) is 26.4 Å². The molecule has 67 heavy (non-hydrogen) atoms. The Bertz CT molecular complexity index is 1860. The molecule has 0 radical (unpaired) electrons. The van der Waals surface area contributed by atoms with Crippen LogP contribution in [0.25, 0.3) is 0 Å². The summed E-state index contributed by atoms with van der Waals surface area (Å²) in [6.07, 6.45) is 5.79. The van der Waals surface area contributed by atoms with E-state index in [1.165, 1.54) is 29.1 Å². The Balaban J connectivity index is 1.72. The molecule has 0 saturated carbocycles. The van der Waals surface area contributed by atoms with Crippen LogP contribution < -0.4 is 5.32 Å². The summed E-state index contributed by atoms with van der Waals surface area (Å²) in [7, 11) is 7.87. The van der Waals surface area contributed by atoms with Crippen LogP contribution in [-0.4, -0.2) is 151 Å². The van der Waals surface area contributed by atoms with Gasteiger partial charge in [-0.25, -0.2) is 4.79 Å². The first-order valence-electron chi connectivity index (χ1n) is 24.1. The molecule has 5 amide bonds. The molecule has 1 aromatic carbocycles. The van der Waals surface area contributed by atoms with Crippen LogP contribution in [0.2, 0.25) is 0 Å². The van der Waals surface area contributed by atoms with Gasteiger partial charge in [0.25, 0.3) is 11.8 Å². The number of nitrogens with one attached hydrogen (secondary N) is 1. The highest BCUT2D eigenvalue weighted by molar-refractivity contribution is 7.80. The van der Waals surface area contributed by atoms with E-state index in [9.17, 15) is 33.6 Å². The molecule has 0 unspecified atom stereocenters. The zero-order valence-corrected chi connectivity index (χ0v) is 43.0. The Morgan fingerprint density at radius 3 is 2.04 bits per heavy atom. The molecule has 16 heteroatoms. The quantitative estimate of drug-likeness (QED) is 0.0464. The molecule has 1 fully saturated rings. The average molecular weight is 954 g/mol. The van der Waals surface area contributed by atoms with Crippen molar-refractivity contribution in [2.45, 2.75) is 149 Å². The van der Waals surface area contributed by atoms with Gasteiger partial charge in [-0.3, -0.25) is 33.7 Å². The van der Waals surface area contributed by atoms with Gasteiger partial charge in [-0.1, -0.05) is 104 Å². The number of imide groups is 1. The molecular weight excluding hydrogens is 875 g/mol. The van der Waals surface area contributed by atoms with Crippen molar-refractivity contribution >= 4 is 58.5 Å². The van der Waals surface area contributed by atoms with Gasteiger partial charge in [0.15, 0.2) is 5.78 Å². The second-order valence-electron chi connectivity index (χ2n) is 19.0. The number of ketones is 1. The number of nitrogens with zero attached hydrogens (tertiary/aromatic N) is 4. The standard InChI is InChI=1S/C51H79N5O10S/c1-13-34(6)47(54(9)50(62)37(32(2)3)30-40(57)46(33(4)5)53(8)42(58)24-18-15-19-27-56-43(59)25-26-44(56)60)41(64-10)31-45(61)55-28-20-23-39(55)48(65-11)35(7)49(67)52-38(51(63)66-12)29-36-21-16-14-17-22-36/h14,16-17,21-22,25-26,32-35,37-39,41,46-48H,13,15,18-20,23-24,27-31H2,1-12H3,(H,52,67)/t34-,35+,37-,38-,39-,41+,46-,47-,48+/m0/s1. The fourth-order valence-corrected chi connectivity index (χ4v) is 10.0. The summed E-state index contributed by atoms with van der Waals surface area (Å²) in [5.41, 5.74) is 0.949. The Kier molecular flexibility index (Phi) is 23.3. The smallest absolute Gasteiger partial charge is 0.328 e. The number of esters is 1. The number of carbonyl (C=O) groups is 7. The summed E-state index contributed by atoms with van der Waals surface area (Å²) in [5, 5.41) is 3.23. The lowest BCUT2D eigenvalue weighted by molar-refractivity contribution is -0.149. The number of hydrogen-bond donors (Lipinski definition) is 1. The third kappa shape index (κ3) is 15.5. The minimum atomic E-state index is -0.742. The number of ether oxygens (including phenoxy) is 3. The van der Waals surface area contributed by atoms with E-state index in [-0.39, 0.29) is 84.3 Å². The summed E-state index contributed by atoms with van der Waals surface area (Å²) >= 11 is 5.88. The summed E-state index contributed by atoms with van der Waals surface area (Å²) < 4.78 is 17.3. The number of likely N-dealkylation sites (tertiary alicyclic amines) is 1. The fraction of sp³-hybridized carbons (Fsp3) is 0.686. The second-order valence-corrected chi connectivity index (χ2v) is 19.5. The van der Waals surface area contributed by atoms with E-state index >= 15 is 0 Å². The molecule has 2 heterocycles. The van der Waals surface area contributed by atoms with Crippen LogP contribution in [-0.2, 0) is 54.2 Å². The highest BCUT2D eigenvalue weighted by Crippen LogP contribution is 2.31. The van der Waals surface area contributed by atoms with Crippen LogP contribution in [0.5, 0.6) is 0 Å². The van der Waals surface area contributed by atoms with Crippen molar-refractivity contribution < 1.29 is 47.8 Å². The van der Waals surface area contributed by atoms with Gasteiger partial charge in [-0.2, -0.15) is 0 Å². The van der Waals surface area contributed by atoms with Crippen molar-refractivity contribution in [2.24, 2.45) is 29.6 Å². The molecule has 374 valence electrons. The van der Waals surface area contributed by atoms with Gasteiger partial charge in [0.05, 0.1) is 48.9 Å². The Hall–Kier alpha value is -4.54. The first kappa shape index (κ1) is 56.8. The van der Waals surface area contributed by atoms with Crippen LogP contribution >= 0.6 is 12.2 Å². The number of thiocarbonyl (C=S) groups is 1. The van der Waals surface area contributed by atoms with Crippen molar-refractivity contribution in [3.63, 3.8) is 0 Å². The Morgan fingerprint density at radius 2 is 1.49 bits per heavy atom. The van der Waals surface area contributed by atoms with Crippen LogP contribution in [0.3, 0.4) is 0 Å². The molecule has 3 rings (SSSR count). The summed E-state index contributed by atoms with van der Waals surface area (Å²) in [6, 6.07) is 7.35. The highest BCUT2D eigenvalue weighted by atomic mass is 32.1. The Morgan fingerprint density at radius 1 is 0.851 bits per heavy atom.